The lowest BCUT2D eigenvalue weighted by Crippen LogP contribution is -2.53. The van der Waals surface area contributed by atoms with Crippen molar-refractivity contribution < 1.29 is 0 Å². The molecule has 0 aliphatic carbocycles. The Balaban J connectivity index is 0.00000132. The summed E-state index contributed by atoms with van der Waals surface area (Å²) in [5.74, 6) is 0.847. The molecule has 1 aromatic heterocycles. The molecular formula is C18H25ClN2. The van der Waals surface area contributed by atoms with Crippen LogP contribution in [-0.4, -0.2) is 22.6 Å². The van der Waals surface area contributed by atoms with Crippen LogP contribution in [0.1, 0.15) is 37.9 Å². The first-order valence-corrected chi connectivity index (χ1v) is 7.93. The standard InChI is InChI=1S/C18H24N2.ClH/c1-13-8-10-18(2)17-15(9-11-20(18)12-13)14-6-4-5-7-16(14)19(17)3;/h4-7,13H,8-12H2,1-3H3;1H. The maximum absolute atomic E-state index is 2.74. The monoisotopic (exact) mass is 304 g/mol. The Morgan fingerprint density at radius 2 is 2.00 bits per heavy atom. The normalized spacial score (nSPS) is 28.8. The van der Waals surface area contributed by atoms with Gasteiger partial charge in [-0.2, -0.15) is 0 Å². The van der Waals surface area contributed by atoms with E-state index in [4.69, 9.17) is 0 Å². The quantitative estimate of drug-likeness (QED) is 0.711. The highest BCUT2D eigenvalue weighted by atomic mass is 35.5. The van der Waals surface area contributed by atoms with Crippen LogP contribution < -0.4 is 0 Å². The van der Waals surface area contributed by atoms with Gasteiger partial charge in [-0.3, -0.25) is 4.90 Å². The third-order valence-corrected chi connectivity index (χ3v) is 5.71. The Bertz CT molecular complexity index is 675. The summed E-state index contributed by atoms with van der Waals surface area (Å²) in [6.45, 7) is 7.35. The highest BCUT2D eigenvalue weighted by Gasteiger charge is 2.44. The third kappa shape index (κ3) is 1.96. The minimum Gasteiger partial charge on any atom is -0.346 e. The Morgan fingerprint density at radius 1 is 1.24 bits per heavy atom. The number of aromatic nitrogens is 1. The van der Waals surface area contributed by atoms with Gasteiger partial charge in [-0.1, -0.05) is 25.1 Å². The number of nitrogens with zero attached hydrogens (tertiary/aromatic N) is 2. The molecule has 2 nitrogen and oxygen atoms in total. The molecule has 2 aliphatic rings. The number of fused-ring (bicyclic) bond motifs is 5. The Hall–Kier alpha value is -0.990. The van der Waals surface area contributed by atoms with E-state index in [-0.39, 0.29) is 17.9 Å². The molecule has 3 heteroatoms. The molecule has 21 heavy (non-hydrogen) atoms. The van der Waals surface area contributed by atoms with Crippen LogP contribution in [0.3, 0.4) is 0 Å². The fraction of sp³-hybridized carbons (Fsp3) is 0.556. The van der Waals surface area contributed by atoms with Crippen molar-refractivity contribution in [3.63, 3.8) is 0 Å². The van der Waals surface area contributed by atoms with Gasteiger partial charge in [0.15, 0.2) is 0 Å². The van der Waals surface area contributed by atoms with Gasteiger partial charge in [-0.05, 0) is 43.7 Å². The zero-order valence-electron chi connectivity index (χ0n) is 13.2. The molecular weight excluding hydrogens is 280 g/mol. The molecule has 0 spiro atoms. The van der Waals surface area contributed by atoms with Crippen LogP contribution in [0.2, 0.25) is 0 Å². The second-order valence-electron chi connectivity index (χ2n) is 7.02. The lowest BCUT2D eigenvalue weighted by Gasteiger charge is -2.50. The summed E-state index contributed by atoms with van der Waals surface area (Å²) < 4.78 is 2.47. The minimum atomic E-state index is 0. The minimum absolute atomic E-state index is 0. The van der Waals surface area contributed by atoms with Gasteiger partial charge in [0.05, 0.1) is 5.54 Å². The van der Waals surface area contributed by atoms with Crippen LogP contribution in [-0.2, 0) is 19.0 Å². The molecule has 3 heterocycles. The van der Waals surface area contributed by atoms with Gasteiger partial charge < -0.3 is 4.57 Å². The molecule has 1 saturated heterocycles. The van der Waals surface area contributed by atoms with E-state index < -0.39 is 0 Å². The van der Waals surface area contributed by atoms with Crippen LogP contribution in [0.4, 0.5) is 0 Å². The molecule has 2 atom stereocenters. The van der Waals surface area contributed by atoms with Gasteiger partial charge in [0.2, 0.25) is 0 Å². The number of piperidine rings is 1. The molecule has 114 valence electrons. The molecule has 1 fully saturated rings. The number of para-hydroxylation sites is 1. The first-order valence-electron chi connectivity index (χ1n) is 7.93. The zero-order valence-corrected chi connectivity index (χ0v) is 14.0. The molecule has 1 aromatic carbocycles. The van der Waals surface area contributed by atoms with E-state index in [9.17, 15) is 0 Å². The zero-order chi connectivity index (χ0) is 13.9. The molecule has 0 N–H and O–H groups in total. The first kappa shape index (κ1) is 14.9. The van der Waals surface area contributed by atoms with E-state index in [0.717, 1.165) is 5.92 Å². The van der Waals surface area contributed by atoms with Crippen molar-refractivity contribution in [2.75, 3.05) is 13.1 Å². The van der Waals surface area contributed by atoms with Gasteiger partial charge in [-0.15, -0.1) is 12.4 Å². The number of benzene rings is 1. The van der Waals surface area contributed by atoms with Gasteiger partial charge in [0.1, 0.15) is 0 Å². The average molecular weight is 305 g/mol. The molecule has 0 saturated carbocycles. The number of hydrogen-bond donors (Lipinski definition) is 0. The molecule has 2 aliphatic heterocycles. The van der Waals surface area contributed by atoms with Crippen LogP contribution in [0.15, 0.2) is 24.3 Å². The maximum Gasteiger partial charge on any atom is 0.0588 e. The largest absolute Gasteiger partial charge is 0.346 e. The Kier molecular flexibility index (Phi) is 3.58. The van der Waals surface area contributed by atoms with Crippen LogP contribution in [0.25, 0.3) is 10.9 Å². The molecule has 0 amide bonds. The van der Waals surface area contributed by atoms with Crippen molar-refractivity contribution in [3.8, 4) is 0 Å². The summed E-state index contributed by atoms with van der Waals surface area (Å²) in [6.07, 6.45) is 3.86. The van der Waals surface area contributed by atoms with Crippen LogP contribution in [0, 0.1) is 5.92 Å². The van der Waals surface area contributed by atoms with Gasteiger partial charge in [0, 0.05) is 36.7 Å². The molecule has 0 bridgehead atoms. The summed E-state index contributed by atoms with van der Waals surface area (Å²) in [5.41, 5.74) is 4.83. The van der Waals surface area contributed by atoms with E-state index >= 15 is 0 Å². The summed E-state index contributed by atoms with van der Waals surface area (Å²) in [4.78, 5) is 2.74. The van der Waals surface area contributed by atoms with E-state index in [2.05, 4.69) is 54.6 Å². The summed E-state index contributed by atoms with van der Waals surface area (Å²) in [5, 5.41) is 1.48. The SMILES string of the molecule is CC1CCC2(C)c3c(c4ccccc4n3C)CCN2C1.Cl. The number of rotatable bonds is 0. The van der Waals surface area contributed by atoms with Gasteiger partial charge >= 0.3 is 0 Å². The van der Waals surface area contributed by atoms with Gasteiger partial charge in [0.25, 0.3) is 0 Å². The van der Waals surface area contributed by atoms with Crippen molar-refractivity contribution in [3.05, 3.63) is 35.5 Å². The van der Waals surface area contributed by atoms with Crippen molar-refractivity contribution in [2.45, 2.75) is 38.6 Å². The fourth-order valence-corrected chi connectivity index (χ4v) is 4.62. The van der Waals surface area contributed by atoms with Crippen molar-refractivity contribution in [1.29, 1.82) is 0 Å². The predicted octanol–water partition coefficient (Wildman–Crippen LogP) is 4.10. The first-order chi connectivity index (χ1) is 9.61. The third-order valence-electron chi connectivity index (χ3n) is 5.71. The van der Waals surface area contributed by atoms with Crippen molar-refractivity contribution in [1.82, 2.24) is 9.47 Å². The number of hydrogen-bond acceptors (Lipinski definition) is 1. The summed E-state index contributed by atoms with van der Waals surface area (Å²) in [6, 6.07) is 8.92. The smallest absolute Gasteiger partial charge is 0.0588 e. The maximum atomic E-state index is 2.74. The van der Waals surface area contributed by atoms with Crippen LogP contribution >= 0.6 is 12.4 Å². The highest BCUT2D eigenvalue weighted by Crippen LogP contribution is 2.46. The van der Waals surface area contributed by atoms with Gasteiger partial charge in [-0.25, -0.2) is 0 Å². The fourth-order valence-electron chi connectivity index (χ4n) is 4.62. The second kappa shape index (κ2) is 5.03. The summed E-state index contributed by atoms with van der Waals surface area (Å²) in [7, 11) is 2.26. The molecule has 4 rings (SSSR count). The molecule has 2 aromatic rings. The molecule has 0 radical (unpaired) electrons. The Labute approximate surface area is 133 Å². The van der Waals surface area contributed by atoms with E-state index in [1.165, 1.54) is 43.3 Å². The van der Waals surface area contributed by atoms with E-state index in [1.54, 1.807) is 11.3 Å². The molecule has 2 unspecified atom stereocenters. The van der Waals surface area contributed by atoms with Crippen molar-refractivity contribution in [2.24, 2.45) is 13.0 Å². The predicted molar refractivity (Wildman–Crippen MR) is 91.2 cm³/mol. The number of aryl methyl sites for hydroxylation is 1. The second-order valence-corrected chi connectivity index (χ2v) is 7.02. The lowest BCUT2D eigenvalue weighted by atomic mass is 9.77. The number of halogens is 1. The van der Waals surface area contributed by atoms with E-state index in [1.807, 2.05) is 0 Å². The van der Waals surface area contributed by atoms with Crippen LogP contribution in [0.5, 0.6) is 0 Å². The Morgan fingerprint density at radius 3 is 2.81 bits per heavy atom. The van der Waals surface area contributed by atoms with Crippen molar-refractivity contribution >= 4 is 23.3 Å². The topological polar surface area (TPSA) is 8.17 Å². The average Bonchev–Trinajstić information content (AvgIpc) is 2.75. The lowest BCUT2D eigenvalue weighted by molar-refractivity contribution is 0.0199. The highest BCUT2D eigenvalue weighted by molar-refractivity contribution is 5.86. The van der Waals surface area contributed by atoms with E-state index in [0.29, 0.717) is 0 Å². The summed E-state index contributed by atoms with van der Waals surface area (Å²) >= 11 is 0.